The maximum Gasteiger partial charge on any atom is 0.416 e. The molecule has 1 aliphatic heterocycles. The molecule has 0 aliphatic carbocycles. The van der Waals surface area contributed by atoms with E-state index in [-0.39, 0.29) is 0 Å². The summed E-state index contributed by atoms with van der Waals surface area (Å²) in [5, 5.41) is 3.15. The first-order valence-corrected chi connectivity index (χ1v) is 8.99. The molecular formula is C20H22F4N4. The zero-order chi connectivity index (χ0) is 20.1. The van der Waals surface area contributed by atoms with E-state index in [1.807, 2.05) is 41.0 Å². The summed E-state index contributed by atoms with van der Waals surface area (Å²) in [6.07, 6.45) is -2.68. The zero-order valence-corrected chi connectivity index (χ0v) is 15.5. The number of aryl methyl sites for hydroxylation is 1. The summed E-state index contributed by atoms with van der Waals surface area (Å²) in [7, 11) is 2.00. The number of hydrogen-bond donors (Lipinski definition) is 1. The summed E-state index contributed by atoms with van der Waals surface area (Å²) >= 11 is 0. The predicted molar refractivity (Wildman–Crippen MR) is 100 cm³/mol. The van der Waals surface area contributed by atoms with Crippen LogP contribution in [0.5, 0.6) is 0 Å². The van der Waals surface area contributed by atoms with Crippen molar-refractivity contribution in [3.8, 4) is 0 Å². The minimum Gasteiger partial charge on any atom is -0.334 e. The van der Waals surface area contributed by atoms with Gasteiger partial charge in [0.25, 0.3) is 0 Å². The van der Waals surface area contributed by atoms with Crippen LogP contribution in [0.1, 0.15) is 11.1 Å². The Morgan fingerprint density at radius 3 is 2.46 bits per heavy atom. The Labute approximate surface area is 160 Å². The average molecular weight is 394 g/mol. The van der Waals surface area contributed by atoms with E-state index >= 15 is 0 Å². The summed E-state index contributed by atoms with van der Waals surface area (Å²) in [5.74, 6) is -0.838. The highest BCUT2D eigenvalue weighted by Gasteiger charge is 2.31. The number of benzene rings is 2. The van der Waals surface area contributed by atoms with Crippen LogP contribution in [0.3, 0.4) is 0 Å². The van der Waals surface area contributed by atoms with Crippen LogP contribution in [-0.2, 0) is 19.8 Å². The highest BCUT2D eigenvalue weighted by Crippen LogP contribution is 2.30. The highest BCUT2D eigenvalue weighted by molar-refractivity contribution is 5.74. The average Bonchev–Trinajstić information content (AvgIpc) is 3.03. The third-order valence-corrected chi connectivity index (χ3v) is 4.53. The molecule has 4 nitrogen and oxygen atoms in total. The van der Waals surface area contributed by atoms with Crippen molar-refractivity contribution in [3.63, 3.8) is 0 Å². The molecule has 0 unspecified atom stereocenters. The fourth-order valence-electron chi connectivity index (χ4n) is 3.12. The number of nitrogens with one attached hydrogen (secondary N) is 1. The van der Waals surface area contributed by atoms with E-state index in [0.29, 0.717) is 18.2 Å². The number of halogens is 4. The van der Waals surface area contributed by atoms with Crippen molar-refractivity contribution in [2.45, 2.75) is 12.7 Å². The number of piperazine rings is 1. The van der Waals surface area contributed by atoms with Gasteiger partial charge in [-0.05, 0) is 35.9 Å². The summed E-state index contributed by atoms with van der Waals surface area (Å²) in [6, 6.07) is 10.8. The molecule has 28 heavy (non-hydrogen) atoms. The molecule has 1 saturated heterocycles. The second-order valence-electron chi connectivity index (χ2n) is 6.72. The first kappa shape index (κ1) is 20.3. The van der Waals surface area contributed by atoms with Crippen LogP contribution in [0.4, 0.5) is 17.6 Å². The largest absolute Gasteiger partial charge is 0.416 e. The molecule has 3 aromatic rings. The molecule has 1 fully saturated rings. The Kier molecular flexibility index (Phi) is 6.31. The molecule has 1 N–H and O–H groups in total. The summed E-state index contributed by atoms with van der Waals surface area (Å²) in [6.45, 7) is 3.49. The van der Waals surface area contributed by atoms with Gasteiger partial charge >= 0.3 is 6.18 Å². The van der Waals surface area contributed by atoms with E-state index in [9.17, 15) is 17.6 Å². The van der Waals surface area contributed by atoms with E-state index in [1.165, 1.54) is 5.52 Å². The van der Waals surface area contributed by atoms with Crippen LogP contribution in [0.15, 0.2) is 48.8 Å². The van der Waals surface area contributed by atoms with Crippen LogP contribution in [0.25, 0.3) is 11.0 Å². The van der Waals surface area contributed by atoms with Crippen LogP contribution < -0.4 is 5.32 Å². The minimum absolute atomic E-state index is 0.350. The lowest BCUT2D eigenvalue weighted by atomic mass is 10.1. The normalized spacial score (nSPS) is 15.3. The first-order chi connectivity index (χ1) is 13.3. The van der Waals surface area contributed by atoms with E-state index in [4.69, 9.17) is 0 Å². The fourth-order valence-corrected chi connectivity index (χ4v) is 3.12. The van der Waals surface area contributed by atoms with Gasteiger partial charge in [-0.25, -0.2) is 9.37 Å². The summed E-state index contributed by atoms with van der Waals surface area (Å²) < 4.78 is 52.8. The highest BCUT2D eigenvalue weighted by atomic mass is 19.4. The smallest absolute Gasteiger partial charge is 0.334 e. The molecule has 150 valence electrons. The van der Waals surface area contributed by atoms with Crippen molar-refractivity contribution >= 4 is 11.0 Å². The maximum absolute atomic E-state index is 13.2. The lowest BCUT2D eigenvalue weighted by Crippen LogP contribution is -2.42. The van der Waals surface area contributed by atoms with Crippen LogP contribution >= 0.6 is 0 Å². The zero-order valence-electron chi connectivity index (χ0n) is 15.5. The van der Waals surface area contributed by atoms with Gasteiger partial charge in [0.05, 0.1) is 22.9 Å². The Morgan fingerprint density at radius 1 is 1.07 bits per heavy atom. The summed E-state index contributed by atoms with van der Waals surface area (Å²) in [5.41, 5.74) is 1.68. The van der Waals surface area contributed by atoms with E-state index in [0.717, 1.165) is 43.8 Å². The lowest BCUT2D eigenvalue weighted by molar-refractivity contribution is -0.137. The number of hydrogen-bond acceptors (Lipinski definition) is 3. The molecule has 0 spiro atoms. The topological polar surface area (TPSA) is 33.1 Å². The molecule has 0 radical (unpaired) electrons. The molecule has 2 heterocycles. The van der Waals surface area contributed by atoms with Crippen molar-refractivity contribution in [2.24, 2.45) is 7.05 Å². The van der Waals surface area contributed by atoms with Crippen molar-refractivity contribution in [3.05, 3.63) is 65.7 Å². The second kappa shape index (κ2) is 8.70. The first-order valence-electron chi connectivity index (χ1n) is 8.99. The molecule has 2 aromatic carbocycles. The molecule has 0 amide bonds. The SMILES string of the molecule is Cn1cnc2ccccc21.Fc1cc(CN2CCNCC2)cc(C(F)(F)F)c1. The minimum atomic E-state index is -4.50. The third-order valence-electron chi connectivity index (χ3n) is 4.53. The van der Waals surface area contributed by atoms with E-state index in [2.05, 4.69) is 16.4 Å². The van der Waals surface area contributed by atoms with Crippen LogP contribution in [0, 0.1) is 5.82 Å². The second-order valence-corrected chi connectivity index (χ2v) is 6.72. The van der Waals surface area contributed by atoms with Gasteiger partial charge in [0.2, 0.25) is 0 Å². The number of fused-ring (bicyclic) bond motifs is 1. The van der Waals surface area contributed by atoms with Crippen molar-refractivity contribution in [1.29, 1.82) is 0 Å². The summed E-state index contributed by atoms with van der Waals surface area (Å²) in [4.78, 5) is 6.19. The molecule has 0 atom stereocenters. The number of alkyl halides is 3. The van der Waals surface area contributed by atoms with Gasteiger partial charge in [0, 0.05) is 39.8 Å². The molecule has 0 bridgehead atoms. The molecule has 1 aliphatic rings. The molecule has 4 rings (SSSR count). The lowest BCUT2D eigenvalue weighted by Gasteiger charge is -2.27. The number of aromatic nitrogens is 2. The van der Waals surface area contributed by atoms with Crippen molar-refractivity contribution < 1.29 is 17.6 Å². The Balaban J connectivity index is 0.000000188. The quantitative estimate of drug-likeness (QED) is 0.671. The van der Waals surface area contributed by atoms with Crippen LogP contribution in [0.2, 0.25) is 0 Å². The van der Waals surface area contributed by atoms with E-state index < -0.39 is 17.6 Å². The number of rotatable bonds is 2. The van der Waals surface area contributed by atoms with Crippen molar-refractivity contribution in [2.75, 3.05) is 26.2 Å². The number of imidazole rings is 1. The monoisotopic (exact) mass is 394 g/mol. The van der Waals surface area contributed by atoms with Gasteiger partial charge in [0.15, 0.2) is 0 Å². The number of para-hydroxylation sites is 2. The van der Waals surface area contributed by atoms with Crippen LogP contribution in [-0.4, -0.2) is 40.6 Å². The van der Waals surface area contributed by atoms with Gasteiger partial charge in [-0.2, -0.15) is 13.2 Å². The van der Waals surface area contributed by atoms with Gasteiger partial charge < -0.3 is 9.88 Å². The van der Waals surface area contributed by atoms with Gasteiger partial charge in [0.1, 0.15) is 5.82 Å². The predicted octanol–water partition coefficient (Wildman–Crippen LogP) is 3.82. The standard InChI is InChI=1S/C12H14F4N2.C8H8N2/c13-11-6-9(5-10(7-11)12(14,15)16)8-18-3-1-17-2-4-18;1-10-6-9-7-4-2-3-5-8(7)10/h5-7,17H,1-4,8H2;2-6H,1H3. The van der Waals surface area contributed by atoms with Gasteiger partial charge in [-0.15, -0.1) is 0 Å². The Morgan fingerprint density at radius 2 is 1.79 bits per heavy atom. The fraction of sp³-hybridized carbons (Fsp3) is 0.350. The molecule has 8 heteroatoms. The van der Waals surface area contributed by atoms with E-state index in [1.54, 1.807) is 0 Å². The van der Waals surface area contributed by atoms with Gasteiger partial charge in [-0.1, -0.05) is 12.1 Å². The molecule has 0 saturated carbocycles. The number of nitrogens with zero attached hydrogens (tertiary/aromatic N) is 3. The third kappa shape index (κ3) is 5.30. The van der Waals surface area contributed by atoms with Crippen molar-refractivity contribution in [1.82, 2.24) is 19.8 Å². The molecular weight excluding hydrogens is 372 g/mol. The Hall–Kier alpha value is -2.45. The maximum atomic E-state index is 13.2. The molecule has 1 aromatic heterocycles. The van der Waals surface area contributed by atoms with Gasteiger partial charge in [-0.3, -0.25) is 4.90 Å². The Bertz CT molecular complexity index is 914.